The Kier molecular flexibility index (Phi) is 6.18. The molecule has 1 unspecified atom stereocenters. The number of aliphatic hydroxyl groups is 1. The highest BCUT2D eigenvalue weighted by atomic mass is 79.9. The van der Waals surface area contributed by atoms with E-state index in [9.17, 15) is 27.9 Å². The van der Waals surface area contributed by atoms with E-state index in [1.807, 2.05) is 0 Å². The standard InChI is InChI=1S/C24H16BrF3N2O4/c1-13-11-14(8-9-17(13)25)21(31)19-20(18-7-2-3-10-29-18)30(23(33)22(19)32)15-5-4-6-16(12-15)34-24(26,27)28/h2-12,20,31H,1H3/b21-19+. The Morgan fingerprint density at radius 2 is 1.85 bits per heavy atom. The normalized spacial score (nSPS) is 17.8. The summed E-state index contributed by atoms with van der Waals surface area (Å²) in [7, 11) is 0. The van der Waals surface area contributed by atoms with Crippen molar-refractivity contribution in [2.75, 3.05) is 4.90 Å². The molecule has 174 valence electrons. The van der Waals surface area contributed by atoms with Crippen LogP contribution in [0.2, 0.25) is 0 Å². The number of halogens is 4. The molecule has 0 saturated carbocycles. The van der Waals surface area contributed by atoms with E-state index in [1.54, 1.807) is 43.3 Å². The maximum atomic E-state index is 13.1. The second kappa shape index (κ2) is 8.94. The van der Waals surface area contributed by atoms with Gasteiger partial charge in [-0.3, -0.25) is 19.5 Å². The number of carbonyl (C=O) groups excluding carboxylic acids is 2. The van der Waals surface area contributed by atoms with Crippen LogP contribution < -0.4 is 9.64 Å². The van der Waals surface area contributed by atoms with Crippen LogP contribution in [-0.4, -0.2) is 28.1 Å². The van der Waals surface area contributed by atoms with E-state index >= 15 is 0 Å². The summed E-state index contributed by atoms with van der Waals surface area (Å²) in [6.07, 6.45) is -3.49. The van der Waals surface area contributed by atoms with Crippen molar-refractivity contribution in [3.63, 3.8) is 0 Å². The van der Waals surface area contributed by atoms with Gasteiger partial charge in [-0.15, -0.1) is 13.2 Å². The number of carbonyl (C=O) groups is 2. The molecule has 0 radical (unpaired) electrons. The molecular weight excluding hydrogens is 517 g/mol. The number of Topliss-reactive ketones (excluding diaryl/α,β-unsaturated/α-hetero) is 1. The molecule has 2 heterocycles. The summed E-state index contributed by atoms with van der Waals surface area (Å²) in [5.74, 6) is -2.99. The number of hydrogen-bond donors (Lipinski definition) is 1. The first kappa shape index (κ1) is 23.5. The molecule has 4 rings (SSSR count). The predicted molar refractivity (Wildman–Crippen MR) is 121 cm³/mol. The minimum Gasteiger partial charge on any atom is -0.507 e. The number of aryl methyl sites for hydroxylation is 1. The Morgan fingerprint density at radius 3 is 2.50 bits per heavy atom. The highest BCUT2D eigenvalue weighted by molar-refractivity contribution is 9.10. The fourth-order valence-corrected chi connectivity index (χ4v) is 3.94. The smallest absolute Gasteiger partial charge is 0.507 e. The van der Waals surface area contributed by atoms with Crippen LogP contribution in [0.4, 0.5) is 18.9 Å². The molecule has 1 N–H and O–H groups in total. The van der Waals surface area contributed by atoms with Crippen molar-refractivity contribution in [1.29, 1.82) is 0 Å². The molecule has 1 amide bonds. The molecule has 3 aromatic rings. The van der Waals surface area contributed by atoms with Crippen LogP contribution >= 0.6 is 15.9 Å². The van der Waals surface area contributed by atoms with Gasteiger partial charge in [-0.05, 0) is 48.9 Å². The van der Waals surface area contributed by atoms with Crippen LogP contribution in [0.25, 0.3) is 5.76 Å². The second-order valence-corrected chi connectivity index (χ2v) is 8.29. The molecule has 1 aliphatic heterocycles. The Hall–Kier alpha value is -3.66. The zero-order valence-electron chi connectivity index (χ0n) is 17.5. The minimum absolute atomic E-state index is 0.0226. The Morgan fingerprint density at radius 1 is 1.09 bits per heavy atom. The summed E-state index contributed by atoms with van der Waals surface area (Å²) in [5.41, 5.74) is 1.08. The third-order valence-corrected chi connectivity index (χ3v) is 6.06. The number of alkyl halides is 3. The van der Waals surface area contributed by atoms with Gasteiger partial charge in [-0.2, -0.15) is 0 Å². The molecule has 1 aliphatic rings. The molecule has 1 atom stereocenters. The van der Waals surface area contributed by atoms with Gasteiger partial charge in [-0.25, -0.2) is 0 Å². The largest absolute Gasteiger partial charge is 0.573 e. The molecule has 34 heavy (non-hydrogen) atoms. The molecule has 2 aromatic carbocycles. The quantitative estimate of drug-likeness (QED) is 0.265. The van der Waals surface area contributed by atoms with Gasteiger partial charge < -0.3 is 9.84 Å². The zero-order valence-corrected chi connectivity index (χ0v) is 19.1. The number of ether oxygens (including phenoxy) is 1. The topological polar surface area (TPSA) is 79.7 Å². The molecule has 0 spiro atoms. The summed E-state index contributed by atoms with van der Waals surface area (Å²) in [5, 5.41) is 11.1. The van der Waals surface area contributed by atoms with Gasteiger partial charge >= 0.3 is 6.36 Å². The van der Waals surface area contributed by atoms with E-state index < -0.39 is 35.6 Å². The molecule has 6 nitrogen and oxygen atoms in total. The van der Waals surface area contributed by atoms with Gasteiger partial charge in [0.25, 0.3) is 11.7 Å². The van der Waals surface area contributed by atoms with Crippen molar-refractivity contribution in [3.8, 4) is 5.75 Å². The minimum atomic E-state index is -4.94. The van der Waals surface area contributed by atoms with E-state index in [1.165, 1.54) is 18.3 Å². The van der Waals surface area contributed by atoms with Crippen LogP contribution in [0.3, 0.4) is 0 Å². The van der Waals surface area contributed by atoms with E-state index in [0.29, 0.717) is 5.56 Å². The second-order valence-electron chi connectivity index (χ2n) is 7.43. The predicted octanol–water partition coefficient (Wildman–Crippen LogP) is 5.68. The van der Waals surface area contributed by atoms with Crippen LogP contribution in [0.15, 0.2) is 76.9 Å². The number of anilines is 1. The van der Waals surface area contributed by atoms with E-state index in [-0.39, 0.29) is 17.0 Å². The monoisotopic (exact) mass is 532 g/mol. The molecule has 10 heteroatoms. The number of benzene rings is 2. The molecule has 0 aliphatic carbocycles. The van der Waals surface area contributed by atoms with Crippen LogP contribution in [-0.2, 0) is 9.59 Å². The number of hydrogen-bond acceptors (Lipinski definition) is 5. The van der Waals surface area contributed by atoms with Crippen molar-refractivity contribution in [2.24, 2.45) is 0 Å². The lowest BCUT2D eigenvalue weighted by atomic mass is 9.97. The van der Waals surface area contributed by atoms with Gasteiger partial charge in [0.1, 0.15) is 17.6 Å². The average molecular weight is 533 g/mol. The Balaban J connectivity index is 1.90. The first-order valence-corrected chi connectivity index (χ1v) is 10.7. The number of aliphatic hydroxyl groups excluding tert-OH is 1. The fourth-order valence-electron chi connectivity index (χ4n) is 3.69. The number of pyridine rings is 1. The lowest BCUT2D eigenvalue weighted by Crippen LogP contribution is -2.30. The van der Waals surface area contributed by atoms with Gasteiger partial charge in [0.05, 0.1) is 11.3 Å². The Labute approximate surface area is 200 Å². The number of aromatic nitrogens is 1. The first-order chi connectivity index (χ1) is 16.1. The maximum absolute atomic E-state index is 13.1. The summed E-state index contributed by atoms with van der Waals surface area (Å²) in [6, 6.07) is 13.3. The van der Waals surface area contributed by atoms with E-state index in [4.69, 9.17) is 0 Å². The highest BCUT2D eigenvalue weighted by Crippen LogP contribution is 2.42. The zero-order chi connectivity index (χ0) is 24.6. The lowest BCUT2D eigenvalue weighted by Gasteiger charge is -2.25. The van der Waals surface area contributed by atoms with Crippen LogP contribution in [0.5, 0.6) is 5.75 Å². The molecule has 1 saturated heterocycles. The SMILES string of the molecule is Cc1cc(/C(O)=C2\C(=O)C(=O)N(c3cccc(OC(F)(F)F)c3)C2c2ccccn2)ccc1Br. The van der Waals surface area contributed by atoms with Gasteiger partial charge in [0.15, 0.2) is 0 Å². The summed E-state index contributed by atoms with van der Waals surface area (Å²) in [6.45, 7) is 1.79. The van der Waals surface area contributed by atoms with Gasteiger partial charge in [0, 0.05) is 28.0 Å². The highest BCUT2D eigenvalue weighted by Gasteiger charge is 2.47. The van der Waals surface area contributed by atoms with Crippen LogP contribution in [0.1, 0.15) is 22.9 Å². The fraction of sp³-hybridized carbons (Fsp3) is 0.125. The third-order valence-electron chi connectivity index (χ3n) is 5.17. The van der Waals surface area contributed by atoms with Crippen molar-refractivity contribution in [2.45, 2.75) is 19.3 Å². The summed E-state index contributed by atoms with van der Waals surface area (Å²) < 4.78 is 43.0. The van der Waals surface area contributed by atoms with Gasteiger partial charge in [0.2, 0.25) is 0 Å². The first-order valence-electron chi connectivity index (χ1n) is 9.91. The van der Waals surface area contributed by atoms with Crippen molar-refractivity contribution in [1.82, 2.24) is 4.98 Å². The summed E-state index contributed by atoms with van der Waals surface area (Å²) >= 11 is 3.37. The Bertz CT molecular complexity index is 1310. The van der Waals surface area contributed by atoms with E-state index in [0.717, 1.165) is 27.1 Å². The van der Waals surface area contributed by atoms with Gasteiger partial charge in [-0.1, -0.05) is 34.1 Å². The number of ketones is 1. The van der Waals surface area contributed by atoms with E-state index in [2.05, 4.69) is 25.7 Å². The van der Waals surface area contributed by atoms with Crippen molar-refractivity contribution in [3.05, 3.63) is 93.7 Å². The number of rotatable bonds is 4. The maximum Gasteiger partial charge on any atom is 0.573 e. The molecule has 1 fully saturated rings. The number of amides is 1. The van der Waals surface area contributed by atoms with Crippen LogP contribution in [0, 0.1) is 6.92 Å². The third kappa shape index (κ3) is 4.54. The number of nitrogens with zero attached hydrogens (tertiary/aromatic N) is 2. The molecule has 1 aromatic heterocycles. The van der Waals surface area contributed by atoms with Crippen molar-refractivity contribution < 1.29 is 32.6 Å². The summed E-state index contributed by atoms with van der Waals surface area (Å²) in [4.78, 5) is 31.4. The average Bonchev–Trinajstić information content (AvgIpc) is 3.05. The van der Waals surface area contributed by atoms with Crippen molar-refractivity contribution >= 4 is 39.1 Å². The molecular formula is C24H16BrF3N2O4. The lowest BCUT2D eigenvalue weighted by molar-refractivity contribution is -0.274. The molecule has 0 bridgehead atoms.